The summed E-state index contributed by atoms with van der Waals surface area (Å²) >= 11 is 0. The molecule has 0 aromatic heterocycles. The topological polar surface area (TPSA) is 38.3 Å². The quantitative estimate of drug-likeness (QED) is 0.518. The molecule has 0 radical (unpaired) electrons. The summed E-state index contributed by atoms with van der Waals surface area (Å²) in [6, 6.07) is 8.64. The van der Waals surface area contributed by atoms with Crippen molar-refractivity contribution in [2.75, 3.05) is 20.4 Å². The normalized spacial score (nSPS) is 18.2. The Bertz CT molecular complexity index is 635. The molecule has 0 aliphatic heterocycles. The molecule has 1 N–H and O–H groups in total. The molecule has 3 nitrogen and oxygen atoms in total. The highest BCUT2D eigenvalue weighted by Gasteiger charge is 2.29. The largest absolute Gasteiger partial charge is 0.365 e. The van der Waals surface area contributed by atoms with Gasteiger partial charge in [-0.2, -0.15) is 0 Å². The van der Waals surface area contributed by atoms with Crippen LogP contribution in [0.5, 0.6) is 0 Å². The van der Waals surface area contributed by atoms with Crippen LogP contribution in [0.3, 0.4) is 0 Å². The van der Waals surface area contributed by atoms with Crippen LogP contribution in [0.2, 0.25) is 0 Å². The molecule has 0 spiro atoms. The van der Waals surface area contributed by atoms with E-state index in [9.17, 15) is 0 Å². The minimum absolute atomic E-state index is 0.339. The smallest absolute Gasteiger partial charge is 0.106 e. The maximum Gasteiger partial charge on any atom is 0.106 e. The Morgan fingerprint density at radius 2 is 2.00 bits per heavy atom. The zero-order valence-electron chi connectivity index (χ0n) is 14.9. The molecular formula is C21H27NO2. The van der Waals surface area contributed by atoms with Crippen LogP contribution in [-0.2, 0) is 9.53 Å². The number of nitrogens with one attached hydrogen (secondary N) is 1. The van der Waals surface area contributed by atoms with Crippen molar-refractivity contribution in [3.63, 3.8) is 0 Å². The highest BCUT2D eigenvalue weighted by atomic mass is 16.5. The Balaban J connectivity index is 0.000000671. The minimum Gasteiger partial charge on any atom is -0.365 e. The van der Waals surface area contributed by atoms with Crippen molar-refractivity contribution in [1.82, 2.24) is 5.32 Å². The molecule has 0 heterocycles. The van der Waals surface area contributed by atoms with Crippen LogP contribution in [0, 0.1) is 11.8 Å². The molecule has 3 heteroatoms. The van der Waals surface area contributed by atoms with Gasteiger partial charge in [-0.1, -0.05) is 62.1 Å². The highest BCUT2D eigenvalue weighted by molar-refractivity contribution is 5.82. The Hall–Kier alpha value is -2.15. The van der Waals surface area contributed by atoms with Gasteiger partial charge in [-0.3, -0.25) is 5.32 Å². The van der Waals surface area contributed by atoms with Crippen LogP contribution >= 0.6 is 0 Å². The van der Waals surface area contributed by atoms with Crippen molar-refractivity contribution in [3.05, 3.63) is 53.1 Å². The number of fused-ring (bicyclic) bond motifs is 2. The van der Waals surface area contributed by atoms with Crippen LogP contribution in [-0.4, -0.2) is 27.2 Å². The van der Waals surface area contributed by atoms with Crippen molar-refractivity contribution in [2.45, 2.75) is 32.6 Å². The second-order valence-electron chi connectivity index (χ2n) is 5.08. The molecule has 1 atom stereocenters. The molecule has 0 saturated carbocycles. The van der Waals surface area contributed by atoms with Crippen molar-refractivity contribution in [3.8, 4) is 11.8 Å². The van der Waals surface area contributed by atoms with E-state index in [0.717, 1.165) is 12.8 Å². The first-order valence-electron chi connectivity index (χ1n) is 8.37. The van der Waals surface area contributed by atoms with Gasteiger partial charge in [-0.15, -0.1) is 0 Å². The lowest BCUT2D eigenvalue weighted by atomic mass is 9.95. The van der Waals surface area contributed by atoms with Crippen molar-refractivity contribution >= 4 is 12.4 Å². The van der Waals surface area contributed by atoms with Crippen LogP contribution in [0.25, 0.3) is 5.57 Å². The number of rotatable bonds is 4. The number of carbonyl (C=O) groups excluding carboxylic acids is 1. The first kappa shape index (κ1) is 19.9. The van der Waals surface area contributed by atoms with Crippen LogP contribution in [0.1, 0.15) is 43.7 Å². The van der Waals surface area contributed by atoms with Crippen LogP contribution < -0.4 is 5.32 Å². The van der Waals surface area contributed by atoms with Gasteiger partial charge in [-0.05, 0) is 29.3 Å². The Labute approximate surface area is 145 Å². The number of ether oxygens (including phenoxy) is 1. The molecule has 0 fully saturated rings. The molecular weight excluding hydrogens is 298 g/mol. The van der Waals surface area contributed by atoms with Crippen molar-refractivity contribution in [1.29, 1.82) is 0 Å². The molecule has 3 rings (SSSR count). The van der Waals surface area contributed by atoms with Gasteiger partial charge in [0.15, 0.2) is 0 Å². The summed E-state index contributed by atoms with van der Waals surface area (Å²) in [7, 11) is 1.90. The molecule has 2 aliphatic rings. The Morgan fingerprint density at radius 3 is 2.75 bits per heavy atom. The van der Waals surface area contributed by atoms with E-state index in [1.54, 1.807) is 0 Å². The Morgan fingerprint density at radius 1 is 1.25 bits per heavy atom. The van der Waals surface area contributed by atoms with E-state index in [0.29, 0.717) is 19.3 Å². The summed E-state index contributed by atoms with van der Waals surface area (Å²) in [6.45, 7) is 7.30. The van der Waals surface area contributed by atoms with E-state index in [4.69, 9.17) is 9.53 Å². The van der Waals surface area contributed by atoms with Crippen LogP contribution in [0.15, 0.2) is 42.0 Å². The number of hydrogen-bond donors (Lipinski definition) is 1. The second kappa shape index (κ2) is 11.4. The lowest BCUT2D eigenvalue weighted by Crippen LogP contribution is -2.16. The summed E-state index contributed by atoms with van der Waals surface area (Å²) < 4.78 is 5.73. The first-order valence-corrected chi connectivity index (χ1v) is 8.37. The summed E-state index contributed by atoms with van der Waals surface area (Å²) in [5.74, 6) is 6.80. The molecule has 1 unspecified atom stereocenters. The van der Waals surface area contributed by atoms with Gasteiger partial charge in [-0.25, -0.2) is 0 Å². The molecule has 0 amide bonds. The van der Waals surface area contributed by atoms with Crippen molar-refractivity contribution in [2.24, 2.45) is 0 Å². The summed E-state index contributed by atoms with van der Waals surface area (Å²) in [4.78, 5) is 8.00. The summed E-state index contributed by atoms with van der Waals surface area (Å²) in [5, 5.41) is 3.03. The maximum absolute atomic E-state index is 8.00. The molecule has 0 bridgehead atoms. The zero-order valence-corrected chi connectivity index (χ0v) is 14.9. The van der Waals surface area contributed by atoms with Crippen molar-refractivity contribution < 1.29 is 9.53 Å². The third-order valence-electron chi connectivity index (χ3n) is 3.82. The average Bonchev–Trinajstić information content (AvgIpc) is 2.91. The minimum atomic E-state index is 0.339. The number of hydrogen-bond acceptors (Lipinski definition) is 3. The predicted molar refractivity (Wildman–Crippen MR) is 101 cm³/mol. The van der Waals surface area contributed by atoms with E-state index in [1.807, 2.05) is 27.7 Å². The standard InChI is InChI=1S/C18H19NO.C2H6.CH2O/c1-19-13-20-12-18-16-9-5-3-2-4-8-14(16)15-10-6-7-11-17(15)18;2*1-2/h5-7,9-11,18-19H,3,8,12-13H2,1H3;1-2H3;1H2/b9-5-;;. The highest BCUT2D eigenvalue weighted by Crippen LogP contribution is 2.44. The lowest BCUT2D eigenvalue weighted by molar-refractivity contribution is -0.0979. The first-order chi connectivity index (χ1) is 11.9. The molecule has 1 aromatic carbocycles. The second-order valence-corrected chi connectivity index (χ2v) is 5.08. The average molecular weight is 325 g/mol. The lowest BCUT2D eigenvalue weighted by Gasteiger charge is -2.15. The van der Waals surface area contributed by atoms with Gasteiger partial charge in [0.2, 0.25) is 0 Å². The van der Waals surface area contributed by atoms with Crippen LogP contribution in [0.4, 0.5) is 0 Å². The summed E-state index contributed by atoms with van der Waals surface area (Å²) in [6.07, 6.45) is 6.10. The number of allylic oxidation sites excluding steroid dienone is 3. The third-order valence-corrected chi connectivity index (χ3v) is 3.82. The monoisotopic (exact) mass is 325 g/mol. The SMILES string of the molecule is C=O.CC.CNCOCC1C2=C(CC#CC/C=C\2)c2ccccc21. The fourth-order valence-corrected chi connectivity index (χ4v) is 2.95. The van der Waals surface area contributed by atoms with E-state index in [-0.39, 0.29) is 0 Å². The number of benzene rings is 1. The molecule has 0 saturated heterocycles. The fourth-order valence-electron chi connectivity index (χ4n) is 2.95. The molecule has 2 aliphatic carbocycles. The number of carbonyl (C=O) groups is 1. The predicted octanol–water partition coefficient (Wildman–Crippen LogP) is 3.93. The van der Waals surface area contributed by atoms with E-state index >= 15 is 0 Å². The van der Waals surface area contributed by atoms with Gasteiger partial charge < -0.3 is 9.53 Å². The van der Waals surface area contributed by atoms with Gasteiger partial charge in [0, 0.05) is 18.8 Å². The molecule has 24 heavy (non-hydrogen) atoms. The summed E-state index contributed by atoms with van der Waals surface area (Å²) in [5.41, 5.74) is 5.49. The zero-order chi connectivity index (χ0) is 17.8. The third kappa shape index (κ3) is 4.67. The Kier molecular flexibility index (Phi) is 9.45. The maximum atomic E-state index is 8.00. The fraction of sp³-hybridized carbons (Fsp3) is 0.381. The van der Waals surface area contributed by atoms with Gasteiger partial charge >= 0.3 is 0 Å². The molecule has 128 valence electrons. The van der Waals surface area contributed by atoms with Gasteiger partial charge in [0.1, 0.15) is 6.79 Å². The van der Waals surface area contributed by atoms with Gasteiger partial charge in [0.25, 0.3) is 0 Å². The van der Waals surface area contributed by atoms with E-state index < -0.39 is 0 Å². The van der Waals surface area contributed by atoms with E-state index in [2.05, 4.69) is 53.6 Å². The molecule has 1 aromatic rings. The van der Waals surface area contributed by atoms with Gasteiger partial charge in [0.05, 0.1) is 13.3 Å². The van der Waals surface area contributed by atoms with E-state index in [1.165, 1.54) is 22.3 Å².